The molecule has 132 valence electrons. The molecule has 2 aromatic rings. The lowest BCUT2D eigenvalue weighted by Crippen LogP contribution is -2.45. The summed E-state index contributed by atoms with van der Waals surface area (Å²) in [5.41, 5.74) is 0.632. The highest BCUT2D eigenvalue weighted by molar-refractivity contribution is 5.66. The maximum absolute atomic E-state index is 14.4. The van der Waals surface area contributed by atoms with Gasteiger partial charge in [-0.25, -0.2) is 13.6 Å². The van der Waals surface area contributed by atoms with Gasteiger partial charge >= 0.3 is 6.09 Å². The average molecular weight is 347 g/mol. The topological polar surface area (TPSA) is 60.8 Å². The summed E-state index contributed by atoms with van der Waals surface area (Å²) in [6.45, 7) is 0.324. The highest BCUT2D eigenvalue weighted by Crippen LogP contribution is 2.36. The van der Waals surface area contributed by atoms with Crippen molar-refractivity contribution >= 4 is 6.09 Å². The van der Waals surface area contributed by atoms with Crippen LogP contribution in [0.1, 0.15) is 29.9 Å². The van der Waals surface area contributed by atoms with E-state index in [0.717, 1.165) is 6.07 Å². The summed E-state index contributed by atoms with van der Waals surface area (Å²) in [5.74, 6) is -2.87. The number of rotatable bonds is 4. The van der Waals surface area contributed by atoms with Crippen molar-refractivity contribution < 1.29 is 23.8 Å². The fourth-order valence-electron chi connectivity index (χ4n) is 3.59. The summed E-state index contributed by atoms with van der Waals surface area (Å²) in [7, 11) is 0. The first-order valence-corrected chi connectivity index (χ1v) is 8.17. The van der Waals surface area contributed by atoms with E-state index < -0.39 is 35.8 Å². The molecule has 3 atom stereocenters. The molecule has 2 N–H and O–H groups in total. The highest BCUT2D eigenvalue weighted by Gasteiger charge is 2.39. The highest BCUT2D eigenvalue weighted by atomic mass is 19.2. The molecule has 1 amide bonds. The predicted molar refractivity (Wildman–Crippen MR) is 88.4 cm³/mol. The molecule has 0 saturated carbocycles. The number of hydrogen-bond donors (Lipinski definition) is 2. The molecular formula is C19H19F2NO3. The Morgan fingerprint density at radius 2 is 1.84 bits per heavy atom. The molecular weight excluding hydrogens is 328 g/mol. The van der Waals surface area contributed by atoms with Crippen LogP contribution in [-0.4, -0.2) is 39.9 Å². The van der Waals surface area contributed by atoms with Crippen LogP contribution < -0.4 is 0 Å². The lowest BCUT2D eigenvalue weighted by Gasteiger charge is -2.32. The quantitative estimate of drug-likeness (QED) is 0.888. The van der Waals surface area contributed by atoms with E-state index in [9.17, 15) is 23.8 Å². The third-order valence-electron chi connectivity index (χ3n) is 4.76. The first-order chi connectivity index (χ1) is 12.0. The van der Waals surface area contributed by atoms with Gasteiger partial charge < -0.3 is 15.1 Å². The molecule has 0 aromatic heterocycles. The smallest absolute Gasteiger partial charge is 0.407 e. The number of hydrogen-bond acceptors (Lipinski definition) is 2. The molecule has 0 bridgehead atoms. The summed E-state index contributed by atoms with van der Waals surface area (Å²) in [5, 5.41) is 20.3. The van der Waals surface area contributed by atoms with Crippen LogP contribution in [0, 0.1) is 11.6 Å². The number of benzene rings is 2. The maximum atomic E-state index is 14.4. The Labute approximate surface area is 144 Å². The van der Waals surface area contributed by atoms with Gasteiger partial charge in [0.25, 0.3) is 0 Å². The van der Waals surface area contributed by atoms with Crippen LogP contribution in [-0.2, 0) is 0 Å². The van der Waals surface area contributed by atoms with Crippen molar-refractivity contribution in [2.75, 3.05) is 6.54 Å². The van der Waals surface area contributed by atoms with Crippen LogP contribution in [0.5, 0.6) is 0 Å². The van der Waals surface area contributed by atoms with Crippen LogP contribution >= 0.6 is 0 Å². The third kappa shape index (κ3) is 3.35. The monoisotopic (exact) mass is 347 g/mol. The van der Waals surface area contributed by atoms with Gasteiger partial charge in [0.05, 0.1) is 12.1 Å². The zero-order valence-electron chi connectivity index (χ0n) is 13.5. The van der Waals surface area contributed by atoms with E-state index in [1.807, 2.05) is 0 Å². The van der Waals surface area contributed by atoms with Gasteiger partial charge in [-0.1, -0.05) is 42.5 Å². The zero-order valence-corrected chi connectivity index (χ0v) is 13.5. The van der Waals surface area contributed by atoms with Crippen molar-refractivity contribution in [2.24, 2.45) is 0 Å². The van der Waals surface area contributed by atoms with Crippen molar-refractivity contribution in [1.29, 1.82) is 0 Å². The van der Waals surface area contributed by atoms with E-state index in [2.05, 4.69) is 0 Å². The van der Waals surface area contributed by atoms with Crippen molar-refractivity contribution in [3.8, 4) is 0 Å². The molecule has 2 aromatic carbocycles. The van der Waals surface area contributed by atoms with E-state index in [1.165, 1.54) is 17.0 Å². The van der Waals surface area contributed by atoms with Gasteiger partial charge in [0.1, 0.15) is 0 Å². The largest absolute Gasteiger partial charge is 0.465 e. The Hall–Kier alpha value is -2.47. The Morgan fingerprint density at radius 3 is 2.52 bits per heavy atom. The minimum Gasteiger partial charge on any atom is -0.465 e. The van der Waals surface area contributed by atoms with Crippen molar-refractivity contribution in [3.05, 3.63) is 71.3 Å². The van der Waals surface area contributed by atoms with E-state index in [1.54, 1.807) is 30.3 Å². The molecule has 1 aliphatic heterocycles. The van der Waals surface area contributed by atoms with Gasteiger partial charge in [-0.05, 0) is 24.5 Å². The van der Waals surface area contributed by atoms with E-state index >= 15 is 0 Å². The molecule has 25 heavy (non-hydrogen) atoms. The second-order valence-corrected chi connectivity index (χ2v) is 6.21. The molecule has 0 radical (unpaired) electrons. The maximum Gasteiger partial charge on any atom is 0.407 e. The Morgan fingerprint density at radius 1 is 1.12 bits per heavy atom. The van der Waals surface area contributed by atoms with Crippen molar-refractivity contribution in [3.63, 3.8) is 0 Å². The SMILES string of the molecule is O=C(O)N1CCCC1[C@H](O)[C@H](c1ccccc1)c1cccc(F)c1F. The summed E-state index contributed by atoms with van der Waals surface area (Å²) in [6, 6.07) is 11.9. The van der Waals surface area contributed by atoms with Crippen molar-refractivity contribution in [2.45, 2.75) is 30.9 Å². The zero-order chi connectivity index (χ0) is 18.0. The fraction of sp³-hybridized carbons (Fsp3) is 0.316. The van der Waals surface area contributed by atoms with Gasteiger partial charge in [0, 0.05) is 18.0 Å². The number of amides is 1. The number of aliphatic hydroxyl groups is 1. The lowest BCUT2D eigenvalue weighted by atomic mass is 9.82. The normalized spacial score (nSPS) is 19.6. The van der Waals surface area contributed by atoms with Gasteiger partial charge in [-0.2, -0.15) is 0 Å². The fourth-order valence-corrected chi connectivity index (χ4v) is 3.59. The molecule has 4 nitrogen and oxygen atoms in total. The molecule has 0 aliphatic carbocycles. The summed E-state index contributed by atoms with van der Waals surface area (Å²) in [4.78, 5) is 12.6. The Kier molecular flexibility index (Phi) is 4.99. The molecule has 1 fully saturated rings. The van der Waals surface area contributed by atoms with Crippen LogP contribution in [0.15, 0.2) is 48.5 Å². The lowest BCUT2D eigenvalue weighted by molar-refractivity contribution is 0.0576. The summed E-state index contributed by atoms with van der Waals surface area (Å²) in [6.07, 6.45) is -1.19. The standard InChI is InChI=1S/C19H19F2NO3/c20-14-9-4-8-13(17(14)21)16(12-6-2-1-3-7-12)18(23)15-10-5-11-22(15)19(24)25/h1-4,6-9,15-16,18,23H,5,10-11H2,(H,24,25)/t15?,16-,18+/m1/s1. The Balaban J connectivity index is 2.05. The van der Waals surface area contributed by atoms with Gasteiger partial charge in [0.15, 0.2) is 11.6 Å². The van der Waals surface area contributed by atoms with E-state index in [0.29, 0.717) is 24.9 Å². The van der Waals surface area contributed by atoms with Gasteiger partial charge in [-0.15, -0.1) is 0 Å². The summed E-state index contributed by atoms with van der Waals surface area (Å²) < 4.78 is 28.2. The molecule has 1 heterocycles. The number of aliphatic hydroxyl groups excluding tert-OH is 1. The number of halogens is 2. The molecule has 3 rings (SSSR count). The molecule has 0 spiro atoms. The molecule has 1 unspecified atom stereocenters. The molecule has 1 aliphatic rings. The van der Waals surface area contributed by atoms with Crippen molar-refractivity contribution in [1.82, 2.24) is 4.90 Å². The Bertz CT molecular complexity index is 754. The minimum absolute atomic E-state index is 0.0240. The second kappa shape index (κ2) is 7.19. The number of nitrogens with zero attached hydrogens (tertiary/aromatic N) is 1. The number of likely N-dealkylation sites (tertiary alicyclic amines) is 1. The van der Waals surface area contributed by atoms with Crippen LogP contribution in [0.25, 0.3) is 0 Å². The summed E-state index contributed by atoms with van der Waals surface area (Å²) >= 11 is 0. The first kappa shape index (κ1) is 17.4. The van der Waals surface area contributed by atoms with Crippen LogP contribution in [0.2, 0.25) is 0 Å². The third-order valence-corrected chi connectivity index (χ3v) is 4.76. The first-order valence-electron chi connectivity index (χ1n) is 8.17. The molecule has 6 heteroatoms. The predicted octanol–water partition coefficient (Wildman–Crippen LogP) is 3.60. The van der Waals surface area contributed by atoms with E-state index in [-0.39, 0.29) is 5.56 Å². The second-order valence-electron chi connectivity index (χ2n) is 6.21. The number of carboxylic acid groups (broad SMARTS) is 1. The molecule has 1 saturated heterocycles. The minimum atomic E-state index is -1.18. The van der Waals surface area contributed by atoms with E-state index in [4.69, 9.17) is 0 Å². The van der Waals surface area contributed by atoms with Crippen LogP contribution in [0.4, 0.5) is 13.6 Å². The van der Waals surface area contributed by atoms with Gasteiger partial charge in [-0.3, -0.25) is 0 Å². The average Bonchev–Trinajstić information content (AvgIpc) is 3.10. The number of carbonyl (C=O) groups is 1. The van der Waals surface area contributed by atoms with Crippen LogP contribution in [0.3, 0.4) is 0 Å². The van der Waals surface area contributed by atoms with Gasteiger partial charge in [0.2, 0.25) is 0 Å².